The van der Waals surface area contributed by atoms with Gasteiger partial charge in [0.1, 0.15) is 11.5 Å². The van der Waals surface area contributed by atoms with Gasteiger partial charge in [0, 0.05) is 30.0 Å². The largest absolute Gasteiger partial charge is 0.507 e. The van der Waals surface area contributed by atoms with E-state index in [2.05, 4.69) is 5.32 Å². The maximum atomic E-state index is 13.1. The molecule has 1 amide bonds. The number of hydrogen-bond acceptors (Lipinski definition) is 7. The Kier molecular flexibility index (Phi) is 8.25. The fraction of sp³-hybridized carbons (Fsp3) is 0.520. The van der Waals surface area contributed by atoms with Gasteiger partial charge >= 0.3 is 5.63 Å². The van der Waals surface area contributed by atoms with Gasteiger partial charge in [-0.05, 0) is 25.8 Å². The lowest BCUT2D eigenvalue weighted by molar-refractivity contribution is -0.122. The first-order valence-corrected chi connectivity index (χ1v) is 11.3. The van der Waals surface area contributed by atoms with Crippen molar-refractivity contribution in [3.05, 3.63) is 45.5 Å². The Morgan fingerprint density at radius 1 is 1.09 bits per heavy atom. The molecule has 1 aromatic heterocycles. The third-order valence-corrected chi connectivity index (χ3v) is 6.16. The molecule has 1 atom stereocenters. The number of rotatable bonds is 8. The van der Waals surface area contributed by atoms with E-state index in [1.807, 2.05) is 0 Å². The van der Waals surface area contributed by atoms with Crippen LogP contribution in [0, 0.1) is 6.92 Å². The highest BCUT2D eigenvalue weighted by atomic mass is 16.5. The first kappa shape index (κ1) is 24.5. The number of carbonyl (C=O) groups is 1. The Morgan fingerprint density at radius 3 is 2.33 bits per heavy atom. The van der Waals surface area contributed by atoms with E-state index in [0.29, 0.717) is 22.8 Å². The molecule has 1 fully saturated rings. The molecule has 33 heavy (non-hydrogen) atoms. The van der Waals surface area contributed by atoms with Crippen molar-refractivity contribution in [3.63, 3.8) is 0 Å². The molecule has 1 aromatic carbocycles. The normalized spacial score (nSPS) is 15.4. The van der Waals surface area contributed by atoms with Gasteiger partial charge in [0.2, 0.25) is 11.7 Å². The smallest absolute Gasteiger partial charge is 0.343 e. The quantitative estimate of drug-likeness (QED) is 0.574. The topological polar surface area (TPSA) is 107 Å². The van der Waals surface area contributed by atoms with Crippen molar-refractivity contribution in [1.29, 1.82) is 0 Å². The molecule has 3 rings (SSSR count). The highest BCUT2D eigenvalue weighted by molar-refractivity contribution is 5.78. The molecule has 1 heterocycles. The standard InChI is InChI=1S/C25H33NO7/c1-15-13-19(27)22(25(29)33-15)18(14-21(28)26-16-9-7-5-6-8-10-16)17-11-12-20(30-2)24(32-4)23(17)31-3/h11-13,16,18,27H,5-10,14H2,1-4H3,(H,26,28). The van der Waals surface area contributed by atoms with Gasteiger partial charge in [0.25, 0.3) is 0 Å². The highest BCUT2D eigenvalue weighted by Gasteiger charge is 2.31. The van der Waals surface area contributed by atoms with E-state index in [4.69, 9.17) is 18.6 Å². The van der Waals surface area contributed by atoms with Crippen LogP contribution in [0.4, 0.5) is 0 Å². The van der Waals surface area contributed by atoms with E-state index in [0.717, 1.165) is 25.7 Å². The van der Waals surface area contributed by atoms with Crippen LogP contribution in [0.15, 0.2) is 27.4 Å². The summed E-state index contributed by atoms with van der Waals surface area (Å²) >= 11 is 0. The second kappa shape index (κ2) is 11.1. The predicted octanol–water partition coefficient (Wildman–Crippen LogP) is 4.04. The summed E-state index contributed by atoms with van der Waals surface area (Å²) in [6, 6.07) is 4.87. The van der Waals surface area contributed by atoms with E-state index >= 15 is 0 Å². The van der Waals surface area contributed by atoms with E-state index in [-0.39, 0.29) is 35.4 Å². The average molecular weight is 460 g/mol. The van der Waals surface area contributed by atoms with Crippen LogP contribution in [0.3, 0.4) is 0 Å². The Balaban J connectivity index is 2.05. The molecular formula is C25H33NO7. The zero-order chi connectivity index (χ0) is 24.0. The summed E-state index contributed by atoms with van der Waals surface area (Å²) in [5, 5.41) is 13.8. The first-order valence-electron chi connectivity index (χ1n) is 11.3. The van der Waals surface area contributed by atoms with Crippen LogP contribution in [0.5, 0.6) is 23.0 Å². The van der Waals surface area contributed by atoms with Gasteiger partial charge in [-0.15, -0.1) is 0 Å². The molecule has 1 saturated carbocycles. The Labute approximate surface area is 193 Å². The summed E-state index contributed by atoms with van der Waals surface area (Å²) in [6.45, 7) is 1.58. The van der Waals surface area contributed by atoms with Gasteiger partial charge in [-0.2, -0.15) is 0 Å². The van der Waals surface area contributed by atoms with Gasteiger partial charge in [0.15, 0.2) is 11.5 Å². The molecule has 0 spiro atoms. The second-order valence-corrected chi connectivity index (χ2v) is 8.38. The summed E-state index contributed by atoms with van der Waals surface area (Å²) in [5.41, 5.74) is -0.184. The van der Waals surface area contributed by atoms with E-state index in [1.54, 1.807) is 19.1 Å². The zero-order valence-corrected chi connectivity index (χ0v) is 19.7. The van der Waals surface area contributed by atoms with E-state index < -0.39 is 11.5 Å². The van der Waals surface area contributed by atoms with Crippen molar-refractivity contribution in [2.45, 2.75) is 63.8 Å². The van der Waals surface area contributed by atoms with Gasteiger partial charge in [-0.1, -0.05) is 31.7 Å². The maximum Gasteiger partial charge on any atom is 0.343 e. The summed E-state index contributed by atoms with van der Waals surface area (Å²) in [4.78, 5) is 25.9. The molecule has 0 bridgehead atoms. The molecule has 1 aliphatic rings. The number of aryl methyl sites for hydroxylation is 1. The minimum absolute atomic E-state index is 0.00198. The third-order valence-electron chi connectivity index (χ3n) is 6.16. The number of ether oxygens (including phenoxy) is 3. The molecule has 0 radical (unpaired) electrons. The molecular weight excluding hydrogens is 426 g/mol. The Hall–Kier alpha value is -3.16. The van der Waals surface area contributed by atoms with Crippen LogP contribution in [-0.4, -0.2) is 38.4 Å². The Bertz CT molecular complexity index is 1020. The molecule has 1 unspecified atom stereocenters. The highest BCUT2D eigenvalue weighted by Crippen LogP contribution is 2.45. The van der Waals surface area contributed by atoms with Crippen LogP contribution in [0.25, 0.3) is 0 Å². The van der Waals surface area contributed by atoms with Crippen molar-refractivity contribution in [2.24, 2.45) is 0 Å². The van der Waals surface area contributed by atoms with Gasteiger partial charge < -0.3 is 29.1 Å². The van der Waals surface area contributed by atoms with Crippen LogP contribution >= 0.6 is 0 Å². The van der Waals surface area contributed by atoms with Gasteiger partial charge in [-0.25, -0.2) is 4.79 Å². The van der Waals surface area contributed by atoms with Gasteiger partial charge in [0.05, 0.1) is 26.9 Å². The molecule has 0 saturated heterocycles. The Morgan fingerprint density at radius 2 is 1.76 bits per heavy atom. The number of carbonyl (C=O) groups excluding carboxylic acids is 1. The molecule has 2 aromatic rings. The lowest BCUT2D eigenvalue weighted by atomic mass is 9.87. The molecule has 180 valence electrons. The van der Waals surface area contributed by atoms with Crippen molar-refractivity contribution in [2.75, 3.05) is 21.3 Å². The fourth-order valence-electron chi connectivity index (χ4n) is 4.59. The monoisotopic (exact) mass is 459 g/mol. The molecule has 0 aliphatic heterocycles. The van der Waals surface area contributed by atoms with E-state index in [9.17, 15) is 14.7 Å². The van der Waals surface area contributed by atoms with Crippen molar-refractivity contribution >= 4 is 5.91 Å². The number of amides is 1. The average Bonchev–Trinajstić information content (AvgIpc) is 3.05. The maximum absolute atomic E-state index is 13.1. The van der Waals surface area contributed by atoms with Crippen molar-refractivity contribution < 1.29 is 28.5 Å². The lowest BCUT2D eigenvalue weighted by Gasteiger charge is -2.24. The summed E-state index contributed by atoms with van der Waals surface area (Å²) < 4.78 is 21.7. The number of benzene rings is 1. The minimum Gasteiger partial charge on any atom is -0.507 e. The fourth-order valence-corrected chi connectivity index (χ4v) is 4.59. The number of hydrogen-bond donors (Lipinski definition) is 2. The van der Waals surface area contributed by atoms with Gasteiger partial charge in [-0.3, -0.25) is 4.79 Å². The third kappa shape index (κ3) is 5.61. The molecule has 1 aliphatic carbocycles. The molecule has 8 heteroatoms. The summed E-state index contributed by atoms with van der Waals surface area (Å²) in [5.74, 6) is 0.131. The molecule has 2 N–H and O–H groups in total. The summed E-state index contributed by atoms with van der Waals surface area (Å²) in [6.07, 6.45) is 6.33. The van der Waals surface area contributed by atoms with Crippen LogP contribution in [-0.2, 0) is 4.79 Å². The van der Waals surface area contributed by atoms with E-state index in [1.165, 1.54) is 40.2 Å². The first-order chi connectivity index (χ1) is 15.9. The second-order valence-electron chi connectivity index (χ2n) is 8.38. The lowest BCUT2D eigenvalue weighted by Crippen LogP contribution is -2.35. The predicted molar refractivity (Wildman–Crippen MR) is 124 cm³/mol. The number of aromatic hydroxyl groups is 1. The zero-order valence-electron chi connectivity index (χ0n) is 19.7. The number of nitrogens with one attached hydrogen (secondary N) is 1. The van der Waals surface area contributed by atoms with Crippen LogP contribution in [0.2, 0.25) is 0 Å². The van der Waals surface area contributed by atoms with Crippen LogP contribution in [0.1, 0.15) is 67.8 Å². The SMILES string of the molecule is COc1ccc(C(CC(=O)NC2CCCCCC2)c2c(O)cc(C)oc2=O)c(OC)c1OC. The van der Waals surface area contributed by atoms with Crippen molar-refractivity contribution in [1.82, 2.24) is 5.32 Å². The minimum atomic E-state index is -0.817. The number of methoxy groups -OCH3 is 3. The molecule has 8 nitrogen and oxygen atoms in total. The van der Waals surface area contributed by atoms with Crippen LogP contribution < -0.4 is 25.2 Å². The summed E-state index contributed by atoms with van der Waals surface area (Å²) in [7, 11) is 4.46. The van der Waals surface area contributed by atoms with Crippen molar-refractivity contribution in [3.8, 4) is 23.0 Å².